The highest BCUT2D eigenvalue weighted by Gasteiger charge is 2.29. The third-order valence-electron chi connectivity index (χ3n) is 4.42. The van der Waals surface area contributed by atoms with Gasteiger partial charge in [-0.1, -0.05) is 35.9 Å². The zero-order chi connectivity index (χ0) is 20.7. The van der Waals surface area contributed by atoms with Gasteiger partial charge in [0.15, 0.2) is 0 Å². The molecular weight excluding hydrogens is 376 g/mol. The number of nitrogens with one attached hydrogen (secondary N) is 1. The summed E-state index contributed by atoms with van der Waals surface area (Å²) in [6.07, 6.45) is 2.72. The highest BCUT2D eigenvalue weighted by molar-refractivity contribution is 7.92. The lowest BCUT2D eigenvalue weighted by molar-refractivity contribution is -0.121. The second-order valence-corrected chi connectivity index (χ2v) is 8.68. The molecule has 0 fully saturated rings. The second kappa shape index (κ2) is 9.59. The summed E-state index contributed by atoms with van der Waals surface area (Å²) in [6.45, 7) is 4.11. The molecule has 2 aromatic rings. The van der Waals surface area contributed by atoms with Gasteiger partial charge in [-0.25, -0.2) is 8.42 Å². The molecule has 0 unspecified atom stereocenters. The van der Waals surface area contributed by atoms with E-state index < -0.39 is 16.1 Å². The number of rotatable bonds is 9. The van der Waals surface area contributed by atoms with E-state index in [1.54, 1.807) is 31.2 Å². The largest absolute Gasteiger partial charge is 0.497 e. The van der Waals surface area contributed by atoms with E-state index in [1.165, 1.54) is 18.2 Å². The van der Waals surface area contributed by atoms with Gasteiger partial charge in [-0.2, -0.15) is 0 Å². The van der Waals surface area contributed by atoms with Gasteiger partial charge in [-0.3, -0.25) is 9.10 Å². The van der Waals surface area contributed by atoms with Crippen LogP contribution in [0, 0.1) is 6.92 Å². The van der Waals surface area contributed by atoms with Crippen LogP contribution in [0.4, 0.5) is 5.69 Å². The van der Waals surface area contributed by atoms with Gasteiger partial charge < -0.3 is 10.1 Å². The maximum absolute atomic E-state index is 12.6. The van der Waals surface area contributed by atoms with Crippen LogP contribution in [-0.4, -0.2) is 40.3 Å². The third-order valence-corrected chi connectivity index (χ3v) is 5.66. The number of anilines is 1. The van der Waals surface area contributed by atoms with E-state index in [-0.39, 0.29) is 5.91 Å². The lowest BCUT2D eigenvalue weighted by Crippen LogP contribution is -2.48. The van der Waals surface area contributed by atoms with E-state index in [1.807, 2.05) is 19.1 Å². The van der Waals surface area contributed by atoms with Crippen LogP contribution in [0.2, 0.25) is 0 Å². The molecule has 7 heteroatoms. The Bertz CT molecular complexity index is 912. The van der Waals surface area contributed by atoms with Crippen LogP contribution in [0.3, 0.4) is 0 Å². The first-order valence-corrected chi connectivity index (χ1v) is 11.0. The van der Waals surface area contributed by atoms with E-state index in [9.17, 15) is 13.2 Å². The average Bonchev–Trinajstić information content (AvgIpc) is 2.64. The quantitative estimate of drug-likeness (QED) is 0.652. The Kier molecular flexibility index (Phi) is 7.45. The number of hydrogen-bond donors (Lipinski definition) is 1. The van der Waals surface area contributed by atoms with Crippen molar-refractivity contribution in [1.82, 2.24) is 5.32 Å². The minimum absolute atomic E-state index is 0.336. The van der Waals surface area contributed by atoms with Crippen molar-refractivity contribution in [2.75, 3.05) is 24.2 Å². The molecule has 28 heavy (non-hydrogen) atoms. The first-order chi connectivity index (χ1) is 13.2. The summed E-state index contributed by atoms with van der Waals surface area (Å²) in [5.74, 6) is 0.189. The molecule has 0 bridgehead atoms. The fraction of sp³-hybridized carbons (Fsp3) is 0.381. The number of ether oxygens (including phenoxy) is 1. The van der Waals surface area contributed by atoms with E-state index in [4.69, 9.17) is 4.74 Å². The second-order valence-electron chi connectivity index (χ2n) is 6.82. The number of sulfonamides is 1. The normalized spacial score (nSPS) is 12.3. The van der Waals surface area contributed by atoms with Gasteiger partial charge in [-0.05, 0) is 44.4 Å². The predicted octanol–water partition coefficient (Wildman–Crippen LogP) is 2.91. The molecule has 0 saturated heterocycles. The van der Waals surface area contributed by atoms with Gasteiger partial charge >= 0.3 is 0 Å². The number of carbonyl (C=O) groups is 1. The zero-order valence-corrected chi connectivity index (χ0v) is 17.6. The van der Waals surface area contributed by atoms with Crippen molar-refractivity contribution in [2.24, 2.45) is 0 Å². The minimum Gasteiger partial charge on any atom is -0.497 e. The van der Waals surface area contributed by atoms with Crippen LogP contribution in [0.25, 0.3) is 0 Å². The summed E-state index contributed by atoms with van der Waals surface area (Å²) in [6, 6.07) is 14.0. The molecule has 0 aromatic heterocycles. The number of carbonyl (C=O) groups excluding carboxylic acids is 1. The predicted molar refractivity (Wildman–Crippen MR) is 112 cm³/mol. The molecule has 1 atom stereocenters. The summed E-state index contributed by atoms with van der Waals surface area (Å²) < 4.78 is 30.9. The molecule has 0 aliphatic heterocycles. The fourth-order valence-electron chi connectivity index (χ4n) is 3.08. The molecule has 0 saturated carbocycles. The first kappa shape index (κ1) is 21.8. The van der Waals surface area contributed by atoms with Gasteiger partial charge in [0.2, 0.25) is 15.9 Å². The van der Waals surface area contributed by atoms with Gasteiger partial charge in [0.1, 0.15) is 11.8 Å². The number of hydrogen-bond acceptors (Lipinski definition) is 4. The van der Waals surface area contributed by atoms with E-state index >= 15 is 0 Å². The fourth-order valence-corrected chi connectivity index (χ4v) is 4.24. The molecular formula is C21H28N2O4S. The molecule has 0 heterocycles. The Morgan fingerprint density at radius 3 is 2.54 bits per heavy atom. The molecule has 0 radical (unpaired) electrons. The maximum Gasteiger partial charge on any atom is 0.243 e. The molecule has 0 aliphatic rings. The van der Waals surface area contributed by atoms with Gasteiger partial charge in [0.05, 0.1) is 19.1 Å². The summed E-state index contributed by atoms with van der Waals surface area (Å²) >= 11 is 0. The Morgan fingerprint density at radius 2 is 1.89 bits per heavy atom. The summed E-state index contributed by atoms with van der Waals surface area (Å²) in [5.41, 5.74) is 2.82. The van der Waals surface area contributed by atoms with E-state index in [0.29, 0.717) is 18.0 Å². The Labute approximate surface area is 167 Å². The molecule has 2 aromatic carbocycles. The molecule has 2 rings (SSSR count). The van der Waals surface area contributed by atoms with E-state index in [0.717, 1.165) is 23.4 Å². The molecule has 1 N–H and O–H groups in total. The molecule has 1 amide bonds. The number of aryl methyl sites for hydroxylation is 2. The van der Waals surface area contributed by atoms with Crippen molar-refractivity contribution in [3.8, 4) is 5.75 Å². The molecule has 6 nitrogen and oxygen atoms in total. The van der Waals surface area contributed by atoms with Crippen LogP contribution < -0.4 is 14.4 Å². The van der Waals surface area contributed by atoms with Crippen molar-refractivity contribution in [1.29, 1.82) is 0 Å². The summed E-state index contributed by atoms with van der Waals surface area (Å²) in [7, 11) is -2.14. The number of nitrogens with zero attached hydrogens (tertiary/aromatic N) is 1. The first-order valence-electron chi connectivity index (χ1n) is 9.19. The van der Waals surface area contributed by atoms with E-state index in [2.05, 4.69) is 17.4 Å². The third kappa shape index (κ3) is 5.99. The van der Waals surface area contributed by atoms with Crippen LogP contribution in [0.5, 0.6) is 5.75 Å². The highest BCUT2D eigenvalue weighted by atomic mass is 32.2. The number of methoxy groups -OCH3 is 1. The Morgan fingerprint density at radius 1 is 1.18 bits per heavy atom. The van der Waals surface area contributed by atoms with Gasteiger partial charge in [-0.15, -0.1) is 0 Å². The summed E-state index contributed by atoms with van der Waals surface area (Å²) in [5, 5.41) is 2.84. The van der Waals surface area contributed by atoms with Crippen LogP contribution in [-0.2, 0) is 21.2 Å². The lowest BCUT2D eigenvalue weighted by Gasteiger charge is -2.28. The van der Waals surface area contributed by atoms with Gasteiger partial charge in [0, 0.05) is 12.6 Å². The maximum atomic E-state index is 12.6. The van der Waals surface area contributed by atoms with Crippen LogP contribution in [0.15, 0.2) is 48.5 Å². The standard InChI is InChI=1S/C21H28N2O4S/c1-16-8-5-9-18(14-16)10-7-13-22-21(24)17(2)23(28(4,25)26)19-11-6-12-20(15-19)27-3/h5-6,8-9,11-12,14-15,17H,7,10,13H2,1-4H3,(H,22,24)/t17-/m0/s1. The SMILES string of the molecule is COc1cccc(N([C@@H](C)C(=O)NCCCc2cccc(C)c2)S(C)(=O)=O)c1. The molecule has 0 aliphatic carbocycles. The lowest BCUT2D eigenvalue weighted by atomic mass is 10.1. The number of benzene rings is 2. The minimum atomic E-state index is -3.65. The van der Waals surface area contributed by atoms with Gasteiger partial charge in [0.25, 0.3) is 0 Å². The Hall–Kier alpha value is -2.54. The number of amides is 1. The van der Waals surface area contributed by atoms with Crippen LogP contribution >= 0.6 is 0 Å². The van der Waals surface area contributed by atoms with Crippen molar-refractivity contribution in [3.63, 3.8) is 0 Å². The summed E-state index contributed by atoms with van der Waals surface area (Å²) in [4.78, 5) is 12.6. The van der Waals surface area contributed by atoms with Crippen molar-refractivity contribution >= 4 is 21.6 Å². The molecule has 152 valence electrons. The average molecular weight is 405 g/mol. The van der Waals surface area contributed by atoms with Crippen molar-refractivity contribution in [2.45, 2.75) is 32.7 Å². The highest BCUT2D eigenvalue weighted by Crippen LogP contribution is 2.25. The Balaban J connectivity index is 2.01. The molecule has 0 spiro atoms. The smallest absolute Gasteiger partial charge is 0.243 e. The van der Waals surface area contributed by atoms with Crippen molar-refractivity contribution < 1.29 is 17.9 Å². The van der Waals surface area contributed by atoms with Crippen molar-refractivity contribution in [3.05, 3.63) is 59.7 Å². The zero-order valence-electron chi connectivity index (χ0n) is 16.8. The topological polar surface area (TPSA) is 75.7 Å². The van der Waals surface area contributed by atoms with Crippen LogP contribution in [0.1, 0.15) is 24.5 Å². The monoisotopic (exact) mass is 404 g/mol.